The topological polar surface area (TPSA) is 82.2 Å². The Morgan fingerprint density at radius 2 is 1.90 bits per heavy atom. The van der Waals surface area contributed by atoms with E-state index in [-0.39, 0.29) is 11.7 Å². The van der Waals surface area contributed by atoms with E-state index in [4.69, 9.17) is 20.8 Å². The summed E-state index contributed by atoms with van der Waals surface area (Å²) in [6, 6.07) is 18.1. The molecule has 0 aliphatic rings. The van der Waals surface area contributed by atoms with Gasteiger partial charge in [-0.2, -0.15) is 0 Å². The predicted molar refractivity (Wildman–Crippen MR) is 121 cm³/mol. The molecule has 0 spiro atoms. The van der Waals surface area contributed by atoms with E-state index in [2.05, 4.69) is 15.5 Å². The number of furan rings is 1. The number of aromatic nitrogens is 3. The van der Waals surface area contributed by atoms with Gasteiger partial charge in [0, 0.05) is 16.4 Å². The second kappa shape index (κ2) is 9.72. The maximum Gasteiger partial charge on any atom is 0.234 e. The number of amides is 1. The third-order valence-corrected chi connectivity index (χ3v) is 5.42. The fraction of sp³-hybridized carbons (Fsp3) is 0.136. The van der Waals surface area contributed by atoms with Gasteiger partial charge in [0.25, 0.3) is 0 Å². The van der Waals surface area contributed by atoms with Gasteiger partial charge in [-0.15, -0.1) is 10.2 Å². The third kappa shape index (κ3) is 5.10. The number of hydrogen-bond acceptors (Lipinski definition) is 6. The number of rotatable bonds is 8. The predicted octanol–water partition coefficient (Wildman–Crippen LogP) is 5.31. The van der Waals surface area contributed by atoms with E-state index in [1.165, 1.54) is 11.8 Å². The SMILES string of the molecule is CCOc1ccc(NC(=O)CSc2nnc(-c3ccco3)n2-c2ccc(Cl)cc2)cc1. The summed E-state index contributed by atoms with van der Waals surface area (Å²) in [4.78, 5) is 12.5. The molecule has 0 fully saturated rings. The molecule has 0 bridgehead atoms. The molecule has 0 unspecified atom stereocenters. The molecule has 0 aliphatic heterocycles. The van der Waals surface area contributed by atoms with Crippen molar-refractivity contribution in [3.63, 3.8) is 0 Å². The number of halogens is 1. The highest BCUT2D eigenvalue weighted by Gasteiger charge is 2.19. The fourth-order valence-corrected chi connectivity index (χ4v) is 3.76. The lowest BCUT2D eigenvalue weighted by atomic mass is 10.3. The monoisotopic (exact) mass is 454 g/mol. The molecule has 0 saturated heterocycles. The Labute approximate surface area is 188 Å². The second-order valence-corrected chi connectivity index (χ2v) is 7.77. The zero-order valence-electron chi connectivity index (χ0n) is 16.6. The Morgan fingerprint density at radius 3 is 2.58 bits per heavy atom. The van der Waals surface area contributed by atoms with Gasteiger partial charge in [0.2, 0.25) is 11.7 Å². The van der Waals surface area contributed by atoms with Crippen molar-refractivity contribution < 1.29 is 13.9 Å². The lowest BCUT2D eigenvalue weighted by Crippen LogP contribution is -2.14. The zero-order valence-corrected chi connectivity index (χ0v) is 18.2. The maximum absolute atomic E-state index is 12.5. The molecule has 1 amide bonds. The van der Waals surface area contributed by atoms with Gasteiger partial charge in [0.05, 0.1) is 18.6 Å². The van der Waals surface area contributed by atoms with Crippen molar-refractivity contribution in [2.75, 3.05) is 17.7 Å². The Hall–Kier alpha value is -3.23. The van der Waals surface area contributed by atoms with Crippen LogP contribution in [0.3, 0.4) is 0 Å². The summed E-state index contributed by atoms with van der Waals surface area (Å²) in [6.07, 6.45) is 1.58. The van der Waals surface area contributed by atoms with Gasteiger partial charge >= 0.3 is 0 Å². The molecular formula is C22H19ClN4O3S. The first-order valence-corrected chi connectivity index (χ1v) is 10.9. The molecule has 2 aromatic heterocycles. The van der Waals surface area contributed by atoms with Crippen molar-refractivity contribution in [1.29, 1.82) is 0 Å². The minimum Gasteiger partial charge on any atom is -0.494 e. The summed E-state index contributed by atoms with van der Waals surface area (Å²) in [5.41, 5.74) is 1.51. The van der Waals surface area contributed by atoms with Crippen molar-refractivity contribution in [1.82, 2.24) is 14.8 Å². The number of hydrogen-bond donors (Lipinski definition) is 1. The summed E-state index contributed by atoms with van der Waals surface area (Å²) in [7, 11) is 0. The molecule has 0 radical (unpaired) electrons. The van der Waals surface area contributed by atoms with Crippen LogP contribution in [-0.4, -0.2) is 33.0 Å². The number of carbonyl (C=O) groups is 1. The first-order chi connectivity index (χ1) is 15.1. The van der Waals surface area contributed by atoms with E-state index in [1.54, 1.807) is 36.6 Å². The highest BCUT2D eigenvalue weighted by molar-refractivity contribution is 7.99. The van der Waals surface area contributed by atoms with E-state index in [0.717, 1.165) is 11.4 Å². The number of ether oxygens (including phenoxy) is 1. The highest BCUT2D eigenvalue weighted by Crippen LogP contribution is 2.29. The lowest BCUT2D eigenvalue weighted by Gasteiger charge is -2.10. The Bertz CT molecular complexity index is 1140. The van der Waals surface area contributed by atoms with Gasteiger partial charge in [0.15, 0.2) is 10.9 Å². The van der Waals surface area contributed by atoms with Crippen LogP contribution in [0.25, 0.3) is 17.3 Å². The van der Waals surface area contributed by atoms with Crippen molar-refractivity contribution in [3.8, 4) is 23.0 Å². The van der Waals surface area contributed by atoms with Crippen molar-refractivity contribution in [2.24, 2.45) is 0 Å². The van der Waals surface area contributed by atoms with Gasteiger partial charge in [0.1, 0.15) is 5.75 Å². The normalized spacial score (nSPS) is 10.8. The minimum absolute atomic E-state index is 0.153. The lowest BCUT2D eigenvalue weighted by molar-refractivity contribution is -0.113. The number of thioether (sulfide) groups is 1. The maximum atomic E-state index is 12.5. The van der Waals surface area contributed by atoms with Crippen LogP contribution < -0.4 is 10.1 Å². The summed E-state index contributed by atoms with van der Waals surface area (Å²) in [6.45, 7) is 2.52. The molecule has 31 heavy (non-hydrogen) atoms. The molecule has 0 aliphatic carbocycles. The minimum atomic E-state index is -0.153. The second-order valence-electron chi connectivity index (χ2n) is 6.39. The van der Waals surface area contributed by atoms with Gasteiger partial charge in [-0.1, -0.05) is 23.4 Å². The van der Waals surface area contributed by atoms with E-state index in [1.807, 2.05) is 41.8 Å². The van der Waals surface area contributed by atoms with E-state index in [0.29, 0.717) is 34.1 Å². The molecule has 1 N–H and O–H groups in total. The zero-order chi connectivity index (χ0) is 21.6. The molecule has 9 heteroatoms. The summed E-state index contributed by atoms with van der Waals surface area (Å²) in [5, 5.41) is 12.6. The molecule has 7 nitrogen and oxygen atoms in total. The van der Waals surface area contributed by atoms with E-state index in [9.17, 15) is 4.79 Å². The average Bonchev–Trinajstić information content (AvgIpc) is 3.44. The summed E-state index contributed by atoms with van der Waals surface area (Å²) in [5.74, 6) is 1.89. The van der Waals surface area contributed by atoms with Crippen LogP contribution in [0.5, 0.6) is 5.75 Å². The number of carbonyl (C=O) groups excluding carboxylic acids is 1. The van der Waals surface area contributed by atoms with Crippen LogP contribution in [0.4, 0.5) is 5.69 Å². The van der Waals surface area contributed by atoms with Gasteiger partial charge in [-0.3, -0.25) is 9.36 Å². The molecule has 4 rings (SSSR count). The highest BCUT2D eigenvalue weighted by atomic mass is 35.5. The fourth-order valence-electron chi connectivity index (χ4n) is 2.88. The van der Waals surface area contributed by atoms with E-state index >= 15 is 0 Å². The average molecular weight is 455 g/mol. The Balaban J connectivity index is 1.50. The molecule has 0 atom stereocenters. The van der Waals surface area contributed by atoms with Gasteiger partial charge < -0.3 is 14.5 Å². The van der Waals surface area contributed by atoms with Crippen LogP contribution >= 0.6 is 23.4 Å². The number of benzene rings is 2. The summed E-state index contributed by atoms with van der Waals surface area (Å²) >= 11 is 7.31. The van der Waals surface area contributed by atoms with Crippen LogP contribution in [0.2, 0.25) is 5.02 Å². The quantitative estimate of drug-likeness (QED) is 0.363. The van der Waals surface area contributed by atoms with Gasteiger partial charge in [-0.25, -0.2) is 0 Å². The summed E-state index contributed by atoms with van der Waals surface area (Å²) < 4.78 is 12.8. The van der Waals surface area contributed by atoms with Crippen LogP contribution in [0.15, 0.2) is 76.5 Å². The molecule has 4 aromatic rings. The molecule has 2 heterocycles. The first-order valence-electron chi connectivity index (χ1n) is 9.55. The number of anilines is 1. The Kier molecular flexibility index (Phi) is 6.59. The molecule has 2 aromatic carbocycles. The Morgan fingerprint density at radius 1 is 1.13 bits per heavy atom. The van der Waals surface area contributed by atoms with Crippen molar-refractivity contribution in [2.45, 2.75) is 12.1 Å². The smallest absolute Gasteiger partial charge is 0.234 e. The van der Waals surface area contributed by atoms with Crippen molar-refractivity contribution >= 4 is 35.0 Å². The molecule has 158 valence electrons. The largest absolute Gasteiger partial charge is 0.494 e. The van der Waals surface area contributed by atoms with Crippen molar-refractivity contribution in [3.05, 3.63) is 71.9 Å². The van der Waals surface area contributed by atoms with Crippen LogP contribution in [-0.2, 0) is 4.79 Å². The van der Waals surface area contributed by atoms with Gasteiger partial charge in [-0.05, 0) is 67.6 Å². The molecular weight excluding hydrogens is 436 g/mol. The van der Waals surface area contributed by atoms with E-state index < -0.39 is 0 Å². The van der Waals surface area contributed by atoms with Crippen LogP contribution in [0.1, 0.15) is 6.92 Å². The van der Waals surface area contributed by atoms with Crippen LogP contribution in [0, 0.1) is 0 Å². The first kappa shape index (κ1) is 21.0. The standard InChI is InChI=1S/C22H19ClN4O3S/c1-2-29-18-11-7-16(8-12-18)24-20(28)14-31-22-26-25-21(19-4-3-13-30-19)27(22)17-9-5-15(23)6-10-17/h3-13H,2,14H2,1H3,(H,24,28). The molecule has 0 saturated carbocycles. The number of nitrogens with zero attached hydrogens (tertiary/aromatic N) is 3. The number of nitrogens with one attached hydrogen (secondary N) is 1. The third-order valence-electron chi connectivity index (χ3n) is 4.24.